The molecule has 0 bridgehead atoms. The highest BCUT2D eigenvalue weighted by molar-refractivity contribution is 7.17. The maximum Gasteiger partial charge on any atom is 0.164 e. The molecule has 2 heterocycles. The van der Waals surface area contributed by atoms with Crippen molar-refractivity contribution in [2.45, 2.75) is 6.42 Å². The van der Waals surface area contributed by atoms with Crippen molar-refractivity contribution in [3.8, 4) is 0 Å². The lowest BCUT2D eigenvalue weighted by molar-refractivity contribution is -0.122. The molecule has 0 fully saturated rings. The average Bonchev–Trinajstić information content (AvgIpc) is 2.67. The van der Waals surface area contributed by atoms with E-state index in [1.165, 1.54) is 13.4 Å². The van der Waals surface area contributed by atoms with Gasteiger partial charge in [-0.15, -0.1) is 11.3 Å². The fourth-order valence-electron chi connectivity index (χ4n) is 1.36. The molecule has 5 heteroatoms. The van der Waals surface area contributed by atoms with E-state index in [0.29, 0.717) is 6.42 Å². The van der Waals surface area contributed by atoms with Crippen LogP contribution in [0.5, 0.6) is 0 Å². The number of aromatic nitrogens is 2. The first-order valence-corrected chi connectivity index (χ1v) is 5.37. The molecular formula is C10H10N2O2S. The van der Waals surface area contributed by atoms with Gasteiger partial charge in [0.25, 0.3) is 0 Å². The second-order valence-corrected chi connectivity index (χ2v) is 4.02. The number of ketones is 1. The minimum absolute atomic E-state index is 0.0332. The number of hydrogen-bond donors (Lipinski definition) is 0. The predicted molar refractivity (Wildman–Crippen MR) is 58.0 cm³/mol. The number of Topliss-reactive ketones (excluding diaryl/α,β-unsaturated/α-hetero) is 1. The number of rotatable bonds is 4. The average molecular weight is 222 g/mol. The Labute approximate surface area is 90.9 Å². The molecule has 4 nitrogen and oxygen atoms in total. The molecule has 15 heavy (non-hydrogen) atoms. The lowest BCUT2D eigenvalue weighted by Gasteiger charge is -2.00. The number of carbonyl (C=O) groups excluding carboxylic acids is 1. The molecule has 0 spiro atoms. The quantitative estimate of drug-likeness (QED) is 0.785. The van der Waals surface area contributed by atoms with E-state index in [9.17, 15) is 4.79 Å². The van der Waals surface area contributed by atoms with Crippen LogP contribution >= 0.6 is 11.3 Å². The Kier molecular flexibility index (Phi) is 3.03. The van der Waals surface area contributed by atoms with Crippen LogP contribution in [0.3, 0.4) is 0 Å². The predicted octanol–water partition coefficient (Wildman–Crippen LogP) is 1.45. The van der Waals surface area contributed by atoms with Crippen LogP contribution in [0, 0.1) is 0 Å². The molecule has 2 aromatic heterocycles. The Balaban J connectivity index is 2.27. The van der Waals surface area contributed by atoms with Crippen molar-refractivity contribution < 1.29 is 9.53 Å². The number of fused-ring (bicyclic) bond motifs is 1. The van der Waals surface area contributed by atoms with E-state index in [2.05, 4.69) is 9.97 Å². The molecule has 0 radical (unpaired) electrons. The summed E-state index contributed by atoms with van der Waals surface area (Å²) < 4.78 is 5.77. The Bertz CT molecular complexity index is 481. The van der Waals surface area contributed by atoms with Gasteiger partial charge in [0.1, 0.15) is 12.9 Å². The summed E-state index contributed by atoms with van der Waals surface area (Å²) in [5.74, 6) is 0.0332. The summed E-state index contributed by atoms with van der Waals surface area (Å²) >= 11 is 1.56. The molecule has 0 aliphatic heterocycles. The first-order valence-electron chi connectivity index (χ1n) is 4.49. The van der Waals surface area contributed by atoms with E-state index in [0.717, 1.165) is 15.9 Å². The molecule has 0 unspecified atom stereocenters. The normalized spacial score (nSPS) is 10.7. The third-order valence-corrected chi connectivity index (χ3v) is 2.94. The summed E-state index contributed by atoms with van der Waals surface area (Å²) in [6.07, 6.45) is 1.80. The fourth-order valence-corrected chi connectivity index (χ4v) is 2.20. The molecule has 2 rings (SSSR count). The minimum atomic E-state index is 0.0332. The van der Waals surface area contributed by atoms with E-state index >= 15 is 0 Å². The maximum atomic E-state index is 11.4. The molecule has 0 N–H and O–H groups in total. The zero-order valence-electron chi connectivity index (χ0n) is 8.27. The van der Waals surface area contributed by atoms with Crippen LogP contribution in [0.1, 0.15) is 5.69 Å². The molecular weight excluding hydrogens is 212 g/mol. The van der Waals surface area contributed by atoms with Gasteiger partial charge in [-0.1, -0.05) is 0 Å². The van der Waals surface area contributed by atoms with Gasteiger partial charge in [-0.3, -0.25) is 4.79 Å². The minimum Gasteiger partial charge on any atom is -0.377 e. The van der Waals surface area contributed by atoms with Gasteiger partial charge in [0.05, 0.1) is 22.3 Å². The highest BCUT2D eigenvalue weighted by Gasteiger charge is 2.09. The van der Waals surface area contributed by atoms with E-state index in [1.54, 1.807) is 11.3 Å². The second kappa shape index (κ2) is 4.46. The van der Waals surface area contributed by atoms with Crippen LogP contribution in [0.15, 0.2) is 17.8 Å². The highest BCUT2D eigenvalue weighted by atomic mass is 32.1. The maximum absolute atomic E-state index is 11.4. The first-order chi connectivity index (χ1) is 7.31. The van der Waals surface area contributed by atoms with E-state index in [4.69, 9.17) is 4.74 Å². The van der Waals surface area contributed by atoms with Crippen LogP contribution in [0.4, 0.5) is 0 Å². The fraction of sp³-hybridized carbons (Fsp3) is 0.300. The molecule has 0 atom stereocenters. The molecule has 78 valence electrons. The molecule has 2 aromatic rings. The van der Waals surface area contributed by atoms with E-state index in [1.807, 2.05) is 11.4 Å². The van der Waals surface area contributed by atoms with Gasteiger partial charge in [-0.2, -0.15) is 0 Å². The zero-order valence-corrected chi connectivity index (χ0v) is 9.08. The summed E-state index contributed by atoms with van der Waals surface area (Å²) in [5, 5.41) is 1.95. The van der Waals surface area contributed by atoms with E-state index in [-0.39, 0.29) is 12.4 Å². The van der Waals surface area contributed by atoms with Crippen LogP contribution in [-0.4, -0.2) is 29.5 Å². The molecule has 0 aromatic carbocycles. The first kappa shape index (κ1) is 10.2. The summed E-state index contributed by atoms with van der Waals surface area (Å²) in [6.45, 7) is 0.136. The largest absolute Gasteiger partial charge is 0.377 e. The third kappa shape index (κ3) is 2.19. The standard InChI is InChI=1S/C10H10N2O2S/c1-14-5-7(13)4-9-10-8(2-3-15-10)11-6-12-9/h2-3,6H,4-5H2,1H3. The summed E-state index contributed by atoms with van der Waals surface area (Å²) in [5.41, 5.74) is 1.69. The van der Waals surface area contributed by atoms with Gasteiger partial charge < -0.3 is 4.74 Å². The summed E-state index contributed by atoms with van der Waals surface area (Å²) in [4.78, 5) is 19.6. The smallest absolute Gasteiger partial charge is 0.164 e. The molecule has 0 saturated carbocycles. The van der Waals surface area contributed by atoms with Crippen LogP contribution in [-0.2, 0) is 16.0 Å². The van der Waals surface area contributed by atoms with Crippen molar-refractivity contribution in [2.75, 3.05) is 13.7 Å². The number of nitrogens with zero attached hydrogens (tertiary/aromatic N) is 2. The number of carbonyl (C=O) groups is 1. The van der Waals surface area contributed by atoms with Gasteiger partial charge in [0.2, 0.25) is 0 Å². The van der Waals surface area contributed by atoms with Crippen molar-refractivity contribution in [1.82, 2.24) is 9.97 Å². The highest BCUT2D eigenvalue weighted by Crippen LogP contribution is 2.21. The third-order valence-electron chi connectivity index (χ3n) is 1.99. The van der Waals surface area contributed by atoms with Crippen molar-refractivity contribution in [3.05, 3.63) is 23.5 Å². The van der Waals surface area contributed by atoms with Gasteiger partial charge in [0.15, 0.2) is 5.78 Å². The SMILES string of the molecule is COCC(=O)Cc1ncnc2ccsc12. The van der Waals surface area contributed by atoms with Crippen molar-refractivity contribution in [3.63, 3.8) is 0 Å². The lowest BCUT2D eigenvalue weighted by atomic mass is 10.2. The summed E-state index contributed by atoms with van der Waals surface area (Å²) in [6, 6.07) is 1.92. The van der Waals surface area contributed by atoms with Gasteiger partial charge in [-0.25, -0.2) is 9.97 Å². The Morgan fingerprint density at radius 3 is 3.20 bits per heavy atom. The van der Waals surface area contributed by atoms with Crippen molar-refractivity contribution in [1.29, 1.82) is 0 Å². The number of methoxy groups -OCH3 is 1. The molecule has 0 saturated heterocycles. The van der Waals surface area contributed by atoms with Crippen molar-refractivity contribution >= 4 is 27.3 Å². The number of ether oxygens (including phenoxy) is 1. The number of hydrogen-bond acceptors (Lipinski definition) is 5. The van der Waals surface area contributed by atoms with Crippen LogP contribution in [0.25, 0.3) is 10.2 Å². The lowest BCUT2D eigenvalue weighted by Crippen LogP contribution is -2.10. The van der Waals surface area contributed by atoms with Crippen LogP contribution in [0.2, 0.25) is 0 Å². The molecule has 0 amide bonds. The van der Waals surface area contributed by atoms with Gasteiger partial charge >= 0.3 is 0 Å². The van der Waals surface area contributed by atoms with Crippen molar-refractivity contribution in [2.24, 2.45) is 0 Å². The molecule has 0 aliphatic carbocycles. The Hall–Kier alpha value is -1.33. The number of thiophene rings is 1. The Morgan fingerprint density at radius 1 is 1.53 bits per heavy atom. The monoisotopic (exact) mass is 222 g/mol. The zero-order chi connectivity index (χ0) is 10.7. The Morgan fingerprint density at radius 2 is 2.40 bits per heavy atom. The topological polar surface area (TPSA) is 52.1 Å². The second-order valence-electron chi connectivity index (χ2n) is 3.10. The van der Waals surface area contributed by atoms with Crippen LogP contribution < -0.4 is 0 Å². The van der Waals surface area contributed by atoms with Gasteiger partial charge in [-0.05, 0) is 11.4 Å². The molecule has 0 aliphatic rings. The summed E-state index contributed by atoms with van der Waals surface area (Å²) in [7, 11) is 1.51. The van der Waals surface area contributed by atoms with Gasteiger partial charge in [0, 0.05) is 7.11 Å². The van der Waals surface area contributed by atoms with E-state index < -0.39 is 0 Å².